The number of hydrogen-bond acceptors (Lipinski definition) is 6. The molecule has 2 aromatic rings. The molecule has 1 aliphatic heterocycles. The predicted octanol–water partition coefficient (Wildman–Crippen LogP) is 1.45. The minimum atomic E-state index is 0.210. The molecule has 0 aliphatic carbocycles. The van der Waals surface area contributed by atoms with Crippen molar-refractivity contribution in [3.8, 4) is 0 Å². The van der Waals surface area contributed by atoms with E-state index < -0.39 is 0 Å². The van der Waals surface area contributed by atoms with E-state index in [1.165, 1.54) is 0 Å². The molecule has 1 aliphatic rings. The number of ether oxygens (including phenoxy) is 1. The molecule has 16 heavy (non-hydrogen) atoms. The fourth-order valence-corrected chi connectivity index (χ4v) is 2.45. The van der Waals surface area contributed by atoms with Gasteiger partial charge >= 0.3 is 0 Å². The van der Waals surface area contributed by atoms with Gasteiger partial charge in [0.25, 0.3) is 0 Å². The number of halogens is 1. The van der Waals surface area contributed by atoms with Crippen LogP contribution in [0.5, 0.6) is 0 Å². The average Bonchev–Trinajstić information content (AvgIpc) is 2.77. The zero-order valence-electron chi connectivity index (χ0n) is 8.18. The summed E-state index contributed by atoms with van der Waals surface area (Å²) in [6.07, 6.45) is 1.59. The summed E-state index contributed by atoms with van der Waals surface area (Å²) in [6.45, 7) is 1.45. The minimum absolute atomic E-state index is 0.210. The predicted molar refractivity (Wildman–Crippen MR) is 62.4 cm³/mol. The summed E-state index contributed by atoms with van der Waals surface area (Å²) < 4.78 is 7.30. The lowest BCUT2D eigenvalue weighted by Gasteiger charge is -2.26. The van der Waals surface area contributed by atoms with Gasteiger partial charge in [-0.3, -0.25) is 4.31 Å². The Morgan fingerprint density at radius 3 is 3.25 bits per heavy atom. The first kappa shape index (κ1) is 10.1. The highest BCUT2D eigenvalue weighted by atomic mass is 35.5. The molecule has 1 N–H and O–H groups in total. The van der Waals surface area contributed by atoms with Crippen molar-refractivity contribution in [2.75, 3.05) is 23.4 Å². The van der Waals surface area contributed by atoms with Crippen LogP contribution in [0.2, 0.25) is 5.28 Å². The Hall–Kier alpha value is -1.05. The topological polar surface area (TPSA) is 66.9 Å². The third kappa shape index (κ3) is 1.70. The van der Waals surface area contributed by atoms with E-state index in [-0.39, 0.29) is 5.28 Å². The summed E-state index contributed by atoms with van der Waals surface area (Å²) >= 11 is 7.41. The van der Waals surface area contributed by atoms with Crippen LogP contribution in [0.15, 0.2) is 6.33 Å². The van der Waals surface area contributed by atoms with Crippen LogP contribution in [0.25, 0.3) is 11.2 Å². The van der Waals surface area contributed by atoms with Crippen LogP contribution in [0.3, 0.4) is 0 Å². The van der Waals surface area contributed by atoms with Gasteiger partial charge in [0.2, 0.25) is 5.28 Å². The van der Waals surface area contributed by atoms with Crippen molar-refractivity contribution in [2.45, 2.75) is 0 Å². The van der Waals surface area contributed by atoms with Gasteiger partial charge in [-0.15, -0.1) is 0 Å². The summed E-state index contributed by atoms with van der Waals surface area (Å²) in [5, 5.41) is 0.210. The van der Waals surface area contributed by atoms with Crippen LogP contribution in [-0.4, -0.2) is 39.0 Å². The molecule has 0 saturated carbocycles. The number of anilines is 1. The molecule has 0 amide bonds. The van der Waals surface area contributed by atoms with Gasteiger partial charge in [0.05, 0.1) is 19.5 Å². The van der Waals surface area contributed by atoms with Gasteiger partial charge in [-0.1, -0.05) is 0 Å². The molecule has 6 nitrogen and oxygen atoms in total. The normalized spacial score (nSPS) is 16.9. The van der Waals surface area contributed by atoms with E-state index >= 15 is 0 Å². The SMILES string of the molecule is Clc1nc(N2CCOCS2)c2[nH]cnc2n1. The van der Waals surface area contributed by atoms with Gasteiger partial charge in [0.15, 0.2) is 11.5 Å². The van der Waals surface area contributed by atoms with Gasteiger partial charge in [-0.25, -0.2) is 4.98 Å². The summed E-state index contributed by atoms with van der Waals surface area (Å²) in [6, 6.07) is 0. The molecule has 3 heterocycles. The molecule has 1 fully saturated rings. The molecule has 0 unspecified atom stereocenters. The van der Waals surface area contributed by atoms with Gasteiger partial charge < -0.3 is 9.72 Å². The second-order valence-electron chi connectivity index (χ2n) is 3.17. The van der Waals surface area contributed by atoms with E-state index in [4.69, 9.17) is 16.3 Å². The number of fused-ring (bicyclic) bond motifs is 1. The van der Waals surface area contributed by atoms with Crippen molar-refractivity contribution >= 4 is 40.5 Å². The van der Waals surface area contributed by atoms with Crippen molar-refractivity contribution in [3.05, 3.63) is 11.6 Å². The van der Waals surface area contributed by atoms with E-state index in [1.54, 1.807) is 18.3 Å². The second kappa shape index (κ2) is 4.08. The van der Waals surface area contributed by atoms with E-state index in [2.05, 4.69) is 19.9 Å². The molecule has 0 atom stereocenters. The molecule has 0 spiro atoms. The lowest BCUT2D eigenvalue weighted by atomic mass is 10.5. The number of nitrogens with zero attached hydrogens (tertiary/aromatic N) is 4. The van der Waals surface area contributed by atoms with Crippen molar-refractivity contribution < 1.29 is 4.74 Å². The van der Waals surface area contributed by atoms with Crippen LogP contribution in [0.1, 0.15) is 0 Å². The molecule has 8 heteroatoms. The lowest BCUT2D eigenvalue weighted by Crippen LogP contribution is -2.27. The monoisotopic (exact) mass is 257 g/mol. The first-order chi connectivity index (χ1) is 7.84. The number of hydrogen-bond donors (Lipinski definition) is 1. The minimum Gasteiger partial charge on any atom is -0.367 e. The highest BCUT2D eigenvalue weighted by Crippen LogP contribution is 2.28. The smallest absolute Gasteiger partial charge is 0.226 e. The maximum Gasteiger partial charge on any atom is 0.226 e. The number of imidazole rings is 1. The molecule has 0 radical (unpaired) electrons. The Kier molecular flexibility index (Phi) is 2.58. The molecule has 0 aromatic carbocycles. The number of aromatic nitrogens is 4. The van der Waals surface area contributed by atoms with Crippen molar-refractivity contribution in [3.63, 3.8) is 0 Å². The Balaban J connectivity index is 2.09. The number of aromatic amines is 1. The number of H-pyrrole nitrogens is 1. The van der Waals surface area contributed by atoms with Crippen molar-refractivity contribution in [1.29, 1.82) is 0 Å². The number of rotatable bonds is 1. The van der Waals surface area contributed by atoms with Crippen LogP contribution in [0.4, 0.5) is 5.82 Å². The quantitative estimate of drug-likeness (QED) is 0.616. The first-order valence-corrected chi connectivity index (χ1v) is 6.01. The maximum absolute atomic E-state index is 5.86. The van der Waals surface area contributed by atoms with Crippen LogP contribution < -0.4 is 4.31 Å². The molecule has 84 valence electrons. The second-order valence-corrected chi connectivity index (χ2v) is 4.45. The standard InChI is InChI=1S/C8H8ClN5OS/c9-8-12-6-5(10-3-11-6)7(13-8)14-1-2-15-4-16-14/h3H,1-2,4H2,(H,10,11,12,13). The van der Waals surface area contributed by atoms with Crippen molar-refractivity contribution in [2.24, 2.45) is 0 Å². The highest BCUT2D eigenvalue weighted by molar-refractivity contribution is 8.00. The Labute approximate surface area is 101 Å². The van der Waals surface area contributed by atoms with E-state index in [0.717, 1.165) is 17.9 Å². The van der Waals surface area contributed by atoms with E-state index in [1.807, 2.05) is 4.31 Å². The van der Waals surface area contributed by atoms with E-state index in [0.29, 0.717) is 18.2 Å². The molecular formula is C8H8ClN5OS. The Morgan fingerprint density at radius 1 is 1.50 bits per heavy atom. The fraction of sp³-hybridized carbons (Fsp3) is 0.375. The van der Waals surface area contributed by atoms with E-state index in [9.17, 15) is 0 Å². The van der Waals surface area contributed by atoms with Crippen LogP contribution in [0, 0.1) is 0 Å². The fourth-order valence-electron chi connectivity index (χ4n) is 1.51. The number of nitrogens with one attached hydrogen (secondary N) is 1. The largest absolute Gasteiger partial charge is 0.367 e. The summed E-state index contributed by atoms with van der Waals surface area (Å²) in [4.78, 5) is 15.4. The molecule has 2 aromatic heterocycles. The zero-order chi connectivity index (χ0) is 11.0. The van der Waals surface area contributed by atoms with Gasteiger partial charge in [-0.2, -0.15) is 9.97 Å². The summed E-state index contributed by atoms with van der Waals surface area (Å²) in [5.74, 6) is 1.39. The molecule has 1 saturated heterocycles. The molecule has 0 bridgehead atoms. The van der Waals surface area contributed by atoms with Crippen LogP contribution >= 0.6 is 23.5 Å². The molecular weight excluding hydrogens is 250 g/mol. The van der Waals surface area contributed by atoms with Gasteiger partial charge in [0.1, 0.15) is 11.5 Å². The summed E-state index contributed by atoms with van der Waals surface area (Å²) in [7, 11) is 0. The maximum atomic E-state index is 5.86. The third-order valence-electron chi connectivity index (χ3n) is 2.21. The highest BCUT2D eigenvalue weighted by Gasteiger charge is 2.18. The first-order valence-electron chi connectivity index (χ1n) is 4.69. The van der Waals surface area contributed by atoms with Crippen molar-refractivity contribution in [1.82, 2.24) is 19.9 Å². The van der Waals surface area contributed by atoms with Crippen LogP contribution in [-0.2, 0) is 4.74 Å². The third-order valence-corrected chi connectivity index (χ3v) is 3.31. The summed E-state index contributed by atoms with van der Waals surface area (Å²) in [5.41, 5.74) is 1.39. The Bertz CT molecular complexity index is 512. The lowest BCUT2D eigenvalue weighted by molar-refractivity contribution is 0.184. The van der Waals surface area contributed by atoms with Gasteiger partial charge in [0, 0.05) is 0 Å². The Morgan fingerprint density at radius 2 is 2.44 bits per heavy atom. The molecule has 3 rings (SSSR count). The average molecular weight is 258 g/mol. The zero-order valence-corrected chi connectivity index (χ0v) is 9.75. The van der Waals surface area contributed by atoms with Gasteiger partial charge in [-0.05, 0) is 23.5 Å².